The quantitative estimate of drug-likeness (QED) is 0.474. The summed E-state index contributed by atoms with van der Waals surface area (Å²) in [4.78, 5) is 46.0. The fourth-order valence-electron chi connectivity index (χ4n) is 3.96. The number of hydrogen-bond acceptors (Lipinski definition) is 6. The number of nitrogens with one attached hydrogen (secondary N) is 2. The highest BCUT2D eigenvalue weighted by molar-refractivity contribution is 5.95. The highest BCUT2D eigenvalue weighted by Crippen LogP contribution is 2.27. The summed E-state index contributed by atoms with van der Waals surface area (Å²) in [7, 11) is 0. The van der Waals surface area contributed by atoms with Gasteiger partial charge in [-0.2, -0.15) is 0 Å². The van der Waals surface area contributed by atoms with Crippen LogP contribution in [0.2, 0.25) is 0 Å². The van der Waals surface area contributed by atoms with Crippen LogP contribution in [0.1, 0.15) is 47.3 Å². The third-order valence-corrected chi connectivity index (χ3v) is 5.78. The molecular weight excluding hydrogens is 455 g/mol. The van der Waals surface area contributed by atoms with E-state index in [1.54, 1.807) is 0 Å². The summed E-state index contributed by atoms with van der Waals surface area (Å²) in [6.45, 7) is 0.0457. The van der Waals surface area contributed by atoms with E-state index in [0.29, 0.717) is 18.4 Å². The molecule has 0 bridgehead atoms. The molecule has 0 atom stereocenters. The number of halogens is 1. The molecule has 2 aromatic carbocycles. The smallest absolute Gasteiger partial charge is 0.417 e. The number of aromatic nitrogens is 2. The van der Waals surface area contributed by atoms with Gasteiger partial charge in [0.1, 0.15) is 12.4 Å². The molecular formula is C25H25FN4O5. The zero-order chi connectivity index (χ0) is 24.8. The van der Waals surface area contributed by atoms with E-state index in [1.165, 1.54) is 29.2 Å². The third kappa shape index (κ3) is 5.84. The lowest BCUT2D eigenvalue weighted by Crippen LogP contribution is -2.42. The SMILES string of the molecule is O=C(NCc1ccc(F)cc1)c1nc(N(C(=O)OCc2ccccc2)C2CCCC2)[nH]c(=O)c1O. The lowest BCUT2D eigenvalue weighted by molar-refractivity contribution is 0.0942. The maximum Gasteiger partial charge on any atom is 0.417 e. The van der Waals surface area contributed by atoms with Gasteiger partial charge in [0.15, 0.2) is 5.69 Å². The number of anilines is 1. The molecule has 1 aliphatic carbocycles. The van der Waals surface area contributed by atoms with Crippen molar-refractivity contribution in [1.29, 1.82) is 0 Å². The number of carbonyl (C=O) groups is 2. The van der Waals surface area contributed by atoms with Crippen LogP contribution in [0.3, 0.4) is 0 Å². The van der Waals surface area contributed by atoms with Crippen LogP contribution < -0.4 is 15.8 Å². The van der Waals surface area contributed by atoms with Gasteiger partial charge >= 0.3 is 6.09 Å². The minimum atomic E-state index is -0.958. The van der Waals surface area contributed by atoms with E-state index in [9.17, 15) is 23.9 Å². The zero-order valence-corrected chi connectivity index (χ0v) is 18.9. The Morgan fingerprint density at radius 2 is 1.77 bits per heavy atom. The van der Waals surface area contributed by atoms with Gasteiger partial charge in [0.2, 0.25) is 11.7 Å². The predicted molar refractivity (Wildman–Crippen MR) is 125 cm³/mol. The predicted octanol–water partition coefficient (Wildman–Crippen LogP) is 3.63. The van der Waals surface area contributed by atoms with Crippen LogP contribution in [0, 0.1) is 5.82 Å². The molecule has 3 aromatic rings. The first-order valence-electron chi connectivity index (χ1n) is 11.3. The van der Waals surface area contributed by atoms with Gasteiger partial charge in [0.25, 0.3) is 11.5 Å². The van der Waals surface area contributed by atoms with Crippen molar-refractivity contribution in [2.24, 2.45) is 0 Å². The average molecular weight is 480 g/mol. The lowest BCUT2D eigenvalue weighted by Gasteiger charge is -2.27. The lowest BCUT2D eigenvalue weighted by atomic mass is 10.2. The maximum absolute atomic E-state index is 13.1. The summed E-state index contributed by atoms with van der Waals surface area (Å²) in [6.07, 6.45) is 2.42. The van der Waals surface area contributed by atoms with Crippen molar-refractivity contribution in [3.63, 3.8) is 0 Å². The fourth-order valence-corrected chi connectivity index (χ4v) is 3.96. The van der Waals surface area contributed by atoms with Gasteiger partial charge in [-0.05, 0) is 36.1 Å². The standard InChI is InChI=1S/C25H25FN4O5/c26-18-12-10-16(11-13-18)14-27-22(32)20-21(31)23(33)29-24(28-20)30(19-8-4-5-9-19)25(34)35-15-17-6-2-1-3-7-17/h1-3,6-7,10-13,19,31H,4-5,8-9,14-15H2,(H,27,32)(H,28,29,33). The molecule has 0 aliphatic heterocycles. The number of amides is 2. The van der Waals surface area contributed by atoms with Crippen LogP contribution in [0.25, 0.3) is 0 Å². The monoisotopic (exact) mass is 480 g/mol. The molecule has 2 amide bonds. The largest absolute Gasteiger partial charge is 0.501 e. The first-order chi connectivity index (χ1) is 16.9. The second kappa shape index (κ2) is 10.8. The fraction of sp³-hybridized carbons (Fsp3) is 0.280. The van der Waals surface area contributed by atoms with Crippen molar-refractivity contribution in [2.75, 3.05) is 4.90 Å². The van der Waals surface area contributed by atoms with Crippen LogP contribution in [0.15, 0.2) is 59.4 Å². The van der Waals surface area contributed by atoms with Crippen LogP contribution >= 0.6 is 0 Å². The van der Waals surface area contributed by atoms with Crippen molar-refractivity contribution < 1.29 is 23.8 Å². The van der Waals surface area contributed by atoms with Gasteiger partial charge in [-0.15, -0.1) is 0 Å². The molecule has 0 spiro atoms. The Hall–Kier alpha value is -4.21. The number of hydrogen-bond donors (Lipinski definition) is 3. The van der Waals surface area contributed by atoms with Crippen LogP contribution in [-0.4, -0.2) is 33.1 Å². The van der Waals surface area contributed by atoms with Gasteiger partial charge in [-0.1, -0.05) is 55.3 Å². The van der Waals surface area contributed by atoms with Gasteiger partial charge in [-0.25, -0.2) is 19.1 Å². The Labute approximate surface area is 200 Å². The Morgan fingerprint density at radius 3 is 2.46 bits per heavy atom. The Morgan fingerprint density at radius 1 is 1.09 bits per heavy atom. The van der Waals surface area contributed by atoms with E-state index in [0.717, 1.165) is 18.4 Å². The summed E-state index contributed by atoms with van der Waals surface area (Å²) in [5.41, 5.74) is -0.0767. The molecule has 1 aliphatic rings. The molecule has 10 heteroatoms. The molecule has 1 fully saturated rings. The Bertz CT molecular complexity index is 1240. The summed E-state index contributed by atoms with van der Waals surface area (Å²) in [6, 6.07) is 14.4. The first-order valence-corrected chi connectivity index (χ1v) is 11.3. The topological polar surface area (TPSA) is 125 Å². The van der Waals surface area contributed by atoms with E-state index in [-0.39, 0.29) is 25.1 Å². The van der Waals surface area contributed by atoms with E-state index in [2.05, 4.69) is 15.3 Å². The van der Waals surface area contributed by atoms with Crippen molar-refractivity contribution in [3.05, 3.63) is 87.6 Å². The van der Waals surface area contributed by atoms with E-state index < -0.39 is 34.8 Å². The van der Waals surface area contributed by atoms with Crippen LogP contribution in [-0.2, 0) is 17.9 Å². The molecule has 1 saturated carbocycles. The highest BCUT2D eigenvalue weighted by Gasteiger charge is 2.32. The molecule has 182 valence electrons. The molecule has 0 unspecified atom stereocenters. The minimum Gasteiger partial charge on any atom is -0.501 e. The van der Waals surface area contributed by atoms with Gasteiger partial charge in [0, 0.05) is 12.6 Å². The second-order valence-corrected chi connectivity index (χ2v) is 8.24. The first kappa shape index (κ1) is 23.9. The van der Waals surface area contributed by atoms with Gasteiger partial charge < -0.3 is 15.2 Å². The van der Waals surface area contributed by atoms with E-state index >= 15 is 0 Å². The third-order valence-electron chi connectivity index (χ3n) is 5.78. The molecule has 0 saturated heterocycles. The van der Waals surface area contributed by atoms with Crippen molar-refractivity contribution in [3.8, 4) is 5.75 Å². The second-order valence-electron chi connectivity index (χ2n) is 8.24. The number of aromatic hydroxyl groups is 1. The zero-order valence-electron chi connectivity index (χ0n) is 18.9. The Balaban J connectivity index is 1.57. The number of nitrogens with zero attached hydrogens (tertiary/aromatic N) is 2. The molecule has 0 radical (unpaired) electrons. The maximum atomic E-state index is 13.1. The molecule has 4 rings (SSSR count). The van der Waals surface area contributed by atoms with Crippen molar-refractivity contribution >= 4 is 17.9 Å². The Kier molecular flexibility index (Phi) is 7.39. The molecule has 1 heterocycles. The van der Waals surface area contributed by atoms with E-state index in [1.807, 2.05) is 30.3 Å². The summed E-state index contributed by atoms with van der Waals surface area (Å²) < 4.78 is 18.6. The number of ether oxygens (including phenoxy) is 1. The number of rotatable bonds is 7. The molecule has 35 heavy (non-hydrogen) atoms. The molecule has 1 aromatic heterocycles. The number of aromatic amines is 1. The van der Waals surface area contributed by atoms with Gasteiger partial charge in [-0.3, -0.25) is 14.6 Å². The summed E-state index contributed by atoms with van der Waals surface area (Å²) in [5.74, 6) is -2.27. The number of carbonyl (C=O) groups excluding carboxylic acids is 2. The minimum absolute atomic E-state index is 0.0216. The highest BCUT2D eigenvalue weighted by atomic mass is 19.1. The van der Waals surface area contributed by atoms with Crippen LogP contribution in [0.5, 0.6) is 5.75 Å². The van der Waals surface area contributed by atoms with Crippen molar-refractivity contribution in [2.45, 2.75) is 44.9 Å². The number of H-pyrrole nitrogens is 1. The normalized spacial score (nSPS) is 13.4. The van der Waals surface area contributed by atoms with E-state index in [4.69, 9.17) is 4.74 Å². The number of benzene rings is 2. The molecule has 3 N–H and O–H groups in total. The summed E-state index contributed by atoms with van der Waals surface area (Å²) in [5, 5.41) is 12.8. The van der Waals surface area contributed by atoms with Gasteiger partial charge in [0.05, 0.1) is 0 Å². The molecule has 9 nitrogen and oxygen atoms in total. The average Bonchev–Trinajstić information content (AvgIpc) is 3.39. The summed E-state index contributed by atoms with van der Waals surface area (Å²) >= 11 is 0. The van der Waals surface area contributed by atoms with Crippen LogP contribution in [0.4, 0.5) is 15.1 Å². The van der Waals surface area contributed by atoms with Crippen molar-refractivity contribution in [1.82, 2.24) is 15.3 Å².